The van der Waals surface area contributed by atoms with Crippen LogP contribution in [0.25, 0.3) is 5.57 Å². The number of aliphatic hydroxyl groups is 1. The summed E-state index contributed by atoms with van der Waals surface area (Å²) >= 11 is 1.61. The lowest BCUT2D eigenvalue weighted by Crippen LogP contribution is -2.29. The Labute approximate surface area is 177 Å². The normalized spacial score (nSPS) is 17.7. The highest BCUT2D eigenvalue weighted by atomic mass is 32.2. The van der Waals surface area contributed by atoms with Crippen LogP contribution in [0.4, 0.5) is 10.1 Å². The molecule has 0 saturated heterocycles. The summed E-state index contributed by atoms with van der Waals surface area (Å²) in [7, 11) is 1.45. The first-order valence-corrected chi connectivity index (χ1v) is 10.5. The highest BCUT2D eigenvalue weighted by Gasteiger charge is 2.24. The molecule has 6 nitrogen and oxygen atoms in total. The molecule has 1 atom stereocenters. The molecular weight excluding hydrogens is 407 g/mol. The van der Waals surface area contributed by atoms with Gasteiger partial charge in [0.1, 0.15) is 11.9 Å². The number of aromatic nitrogens is 1. The third-order valence-corrected chi connectivity index (χ3v) is 6.65. The van der Waals surface area contributed by atoms with Gasteiger partial charge in [-0.3, -0.25) is 9.79 Å². The third kappa shape index (κ3) is 3.45. The number of aliphatic hydroxyl groups excluding tert-OH is 1. The number of aliphatic imine (C=N–C) groups is 1. The lowest BCUT2D eigenvalue weighted by atomic mass is 9.97. The van der Waals surface area contributed by atoms with Crippen molar-refractivity contribution in [3.8, 4) is 0 Å². The van der Waals surface area contributed by atoms with Gasteiger partial charge in [-0.2, -0.15) is 0 Å². The number of ether oxygens (including phenoxy) is 1. The Morgan fingerprint density at radius 2 is 2.23 bits per heavy atom. The number of aldehydes is 1. The van der Waals surface area contributed by atoms with Crippen LogP contribution in [0.15, 0.2) is 32.9 Å². The number of nitrogens with zero attached hydrogens (tertiary/aromatic N) is 2. The smallest absolute Gasteiger partial charge is 0.257 e. The summed E-state index contributed by atoms with van der Waals surface area (Å²) in [5.41, 5.74) is 3.54. The van der Waals surface area contributed by atoms with E-state index in [0.29, 0.717) is 29.8 Å². The predicted molar refractivity (Wildman–Crippen MR) is 114 cm³/mol. The van der Waals surface area contributed by atoms with Crippen molar-refractivity contribution in [2.24, 2.45) is 4.99 Å². The van der Waals surface area contributed by atoms with Gasteiger partial charge in [-0.05, 0) is 30.5 Å². The number of rotatable bonds is 4. The minimum Gasteiger partial charge on any atom is -0.381 e. The minimum atomic E-state index is -1.45. The van der Waals surface area contributed by atoms with Gasteiger partial charge in [-0.25, -0.2) is 4.39 Å². The van der Waals surface area contributed by atoms with Crippen molar-refractivity contribution in [3.05, 3.63) is 62.3 Å². The summed E-state index contributed by atoms with van der Waals surface area (Å²) in [4.78, 5) is 29.8. The zero-order valence-electron chi connectivity index (χ0n) is 16.6. The molecule has 0 aliphatic carbocycles. The van der Waals surface area contributed by atoms with Gasteiger partial charge in [0.15, 0.2) is 6.29 Å². The molecule has 1 aromatic heterocycles. The molecule has 0 radical (unpaired) electrons. The first-order chi connectivity index (χ1) is 14.5. The maximum absolute atomic E-state index is 14.5. The first kappa shape index (κ1) is 20.7. The molecule has 1 aromatic carbocycles. The van der Waals surface area contributed by atoms with Crippen LogP contribution >= 0.6 is 11.8 Å². The van der Waals surface area contributed by atoms with E-state index in [1.165, 1.54) is 24.0 Å². The van der Waals surface area contributed by atoms with E-state index in [2.05, 4.69) is 4.99 Å². The van der Waals surface area contributed by atoms with E-state index in [1.54, 1.807) is 24.8 Å². The minimum absolute atomic E-state index is 0.0293. The largest absolute Gasteiger partial charge is 0.381 e. The number of hydrogen-bond donors (Lipinski definition) is 1. The Morgan fingerprint density at radius 3 is 2.97 bits per heavy atom. The molecule has 30 heavy (non-hydrogen) atoms. The van der Waals surface area contributed by atoms with Crippen molar-refractivity contribution in [1.29, 1.82) is 0 Å². The van der Waals surface area contributed by atoms with E-state index in [9.17, 15) is 19.1 Å². The van der Waals surface area contributed by atoms with Crippen molar-refractivity contribution in [2.45, 2.75) is 37.5 Å². The number of carbonyl (C=O) groups excluding carboxylic acids is 1. The summed E-state index contributed by atoms with van der Waals surface area (Å²) in [5.74, 6) is 0.506. The Bertz CT molecular complexity index is 1150. The van der Waals surface area contributed by atoms with Crippen LogP contribution in [0.3, 0.4) is 0 Å². The van der Waals surface area contributed by atoms with Gasteiger partial charge in [-0.15, -0.1) is 11.8 Å². The summed E-state index contributed by atoms with van der Waals surface area (Å²) in [6, 6.07) is 2.98. The third-order valence-electron chi connectivity index (χ3n) is 5.44. The molecule has 0 saturated carbocycles. The zero-order valence-corrected chi connectivity index (χ0v) is 17.5. The van der Waals surface area contributed by atoms with E-state index in [4.69, 9.17) is 4.74 Å². The molecule has 8 heteroatoms. The second-order valence-electron chi connectivity index (χ2n) is 7.23. The molecule has 0 bridgehead atoms. The number of allylic oxidation sites excluding steroid dienone is 2. The number of carbonyl (C=O) groups is 1. The van der Waals surface area contributed by atoms with Gasteiger partial charge in [0, 0.05) is 47.1 Å². The highest BCUT2D eigenvalue weighted by Crippen LogP contribution is 2.45. The Kier molecular flexibility index (Phi) is 5.73. The van der Waals surface area contributed by atoms with Gasteiger partial charge in [0.2, 0.25) is 0 Å². The summed E-state index contributed by atoms with van der Waals surface area (Å²) < 4.78 is 21.2. The number of pyridine rings is 1. The molecule has 0 fully saturated rings. The number of methoxy groups -OCH3 is 1. The standard InChI is InChI=1S/C22H21FN2O4S/c1-12-17(23)8-18-20-13(4-6-30-21(12)20)3-5-25-14(9-24-18)7-15(19(27)10-26)16(11-29-2)22(25)28/h3,7-10,19,27H,4-6,11H2,1-2H3/b13-3+,24-9?. The van der Waals surface area contributed by atoms with Crippen molar-refractivity contribution >= 4 is 35.5 Å². The fourth-order valence-electron chi connectivity index (χ4n) is 3.88. The second kappa shape index (κ2) is 8.29. The summed E-state index contributed by atoms with van der Waals surface area (Å²) in [6.45, 7) is 2.03. The van der Waals surface area contributed by atoms with E-state index >= 15 is 0 Å². The monoisotopic (exact) mass is 428 g/mol. The van der Waals surface area contributed by atoms with Crippen LogP contribution in [-0.2, 0) is 22.7 Å². The molecule has 1 unspecified atom stereocenters. The van der Waals surface area contributed by atoms with Crippen molar-refractivity contribution in [1.82, 2.24) is 4.57 Å². The van der Waals surface area contributed by atoms with Gasteiger partial charge >= 0.3 is 0 Å². The van der Waals surface area contributed by atoms with Crippen LogP contribution in [0.2, 0.25) is 0 Å². The lowest BCUT2D eigenvalue weighted by molar-refractivity contribution is -0.115. The Hall–Kier alpha value is -2.55. The van der Waals surface area contributed by atoms with E-state index in [-0.39, 0.29) is 29.1 Å². The predicted octanol–water partition coefficient (Wildman–Crippen LogP) is 3.32. The maximum Gasteiger partial charge on any atom is 0.257 e. The number of thioether (sulfide) groups is 1. The Morgan fingerprint density at radius 1 is 1.43 bits per heavy atom. The van der Waals surface area contributed by atoms with E-state index in [1.807, 2.05) is 6.08 Å². The van der Waals surface area contributed by atoms with Crippen LogP contribution in [0, 0.1) is 12.7 Å². The lowest BCUT2D eigenvalue weighted by Gasteiger charge is -2.22. The topological polar surface area (TPSA) is 80.9 Å². The fourth-order valence-corrected chi connectivity index (χ4v) is 5.10. The molecule has 3 heterocycles. The van der Waals surface area contributed by atoms with Crippen LogP contribution in [0.1, 0.15) is 40.5 Å². The molecule has 156 valence electrons. The number of halogens is 1. The van der Waals surface area contributed by atoms with Crippen molar-refractivity contribution in [3.63, 3.8) is 0 Å². The molecule has 2 aromatic rings. The molecule has 4 rings (SSSR count). The molecule has 1 N–H and O–H groups in total. The molecule has 2 aliphatic rings. The second-order valence-corrected chi connectivity index (χ2v) is 8.33. The van der Waals surface area contributed by atoms with Crippen LogP contribution < -0.4 is 5.56 Å². The molecule has 2 aliphatic heterocycles. The van der Waals surface area contributed by atoms with Crippen LogP contribution in [0.5, 0.6) is 0 Å². The zero-order chi connectivity index (χ0) is 21.4. The van der Waals surface area contributed by atoms with E-state index < -0.39 is 6.10 Å². The average molecular weight is 428 g/mol. The highest BCUT2D eigenvalue weighted by molar-refractivity contribution is 7.99. The van der Waals surface area contributed by atoms with Crippen LogP contribution in [-0.4, -0.2) is 35.0 Å². The number of benzene rings is 1. The molecule has 0 amide bonds. The van der Waals surface area contributed by atoms with Crippen molar-refractivity contribution < 1.29 is 19.0 Å². The SMILES string of the molecule is COCc1c(C(O)C=O)cc2n(c1=O)C/C=C1\CCSc3c(C)c(F)cc(c31)N=C2. The first-order valence-electron chi connectivity index (χ1n) is 9.54. The van der Waals surface area contributed by atoms with Gasteiger partial charge in [0.05, 0.1) is 24.2 Å². The van der Waals surface area contributed by atoms with Crippen molar-refractivity contribution in [2.75, 3.05) is 12.9 Å². The summed E-state index contributed by atoms with van der Waals surface area (Å²) in [5, 5.41) is 10.1. The Balaban J connectivity index is 1.97. The van der Waals surface area contributed by atoms with Gasteiger partial charge in [-0.1, -0.05) is 6.08 Å². The fraction of sp³-hybridized carbons (Fsp3) is 0.318. The quantitative estimate of drug-likeness (QED) is 0.756. The average Bonchev–Trinajstić information content (AvgIpc) is 2.82. The maximum atomic E-state index is 14.5. The van der Waals surface area contributed by atoms with E-state index in [0.717, 1.165) is 28.2 Å². The number of hydrogen-bond acceptors (Lipinski definition) is 6. The number of fused-ring (bicyclic) bond motifs is 1. The molecule has 0 spiro atoms. The van der Waals surface area contributed by atoms with Gasteiger partial charge < -0.3 is 19.2 Å². The molecular formula is C22H21FN2O4S. The summed E-state index contributed by atoms with van der Waals surface area (Å²) in [6.07, 6.45) is 3.18. The van der Waals surface area contributed by atoms with Gasteiger partial charge in [0.25, 0.3) is 5.56 Å².